The van der Waals surface area contributed by atoms with Crippen molar-refractivity contribution in [3.05, 3.63) is 29.6 Å². The molecule has 1 heterocycles. The summed E-state index contributed by atoms with van der Waals surface area (Å²) in [5.74, 6) is 0.288. The number of aryl methyl sites for hydroxylation is 1. The number of hydrogen-bond acceptors (Lipinski definition) is 3. The van der Waals surface area contributed by atoms with Crippen LogP contribution in [0.5, 0.6) is 0 Å². The van der Waals surface area contributed by atoms with E-state index in [0.717, 1.165) is 12.1 Å². The number of fused-ring (bicyclic) bond motifs is 1. The number of likely N-dealkylation sites (N-methyl/N-ethyl adjacent to an activating group) is 1. The minimum Gasteiger partial charge on any atom is -0.348 e. The fraction of sp³-hybridized carbons (Fsp3) is 0.429. The van der Waals surface area contributed by atoms with Crippen LogP contribution in [0.15, 0.2) is 18.2 Å². The van der Waals surface area contributed by atoms with Gasteiger partial charge in [-0.1, -0.05) is 0 Å². The van der Waals surface area contributed by atoms with E-state index in [4.69, 9.17) is 0 Å². The van der Waals surface area contributed by atoms with E-state index in [2.05, 4.69) is 15.6 Å². The van der Waals surface area contributed by atoms with Crippen LogP contribution in [0.3, 0.4) is 0 Å². The van der Waals surface area contributed by atoms with Gasteiger partial charge in [-0.2, -0.15) is 13.2 Å². The van der Waals surface area contributed by atoms with E-state index in [1.165, 1.54) is 6.07 Å². The van der Waals surface area contributed by atoms with Gasteiger partial charge >= 0.3 is 6.18 Å². The second-order valence-electron chi connectivity index (χ2n) is 5.02. The van der Waals surface area contributed by atoms with E-state index in [0.29, 0.717) is 11.3 Å². The van der Waals surface area contributed by atoms with Crippen LogP contribution in [-0.4, -0.2) is 28.5 Å². The lowest BCUT2D eigenvalue weighted by molar-refractivity contribution is -0.137. The smallest absolute Gasteiger partial charge is 0.348 e. The molecule has 0 saturated carbocycles. The lowest BCUT2D eigenvalue weighted by Crippen LogP contribution is -2.40. The Kier molecular flexibility index (Phi) is 4.41. The van der Waals surface area contributed by atoms with Crippen LogP contribution in [0.1, 0.15) is 18.3 Å². The molecule has 5 nitrogen and oxygen atoms in total. The van der Waals surface area contributed by atoms with E-state index in [9.17, 15) is 18.0 Å². The molecule has 0 unspecified atom stereocenters. The molecule has 120 valence electrons. The molecule has 2 aromatic rings. The monoisotopic (exact) mass is 314 g/mol. The number of aromatic nitrogens is 2. The largest absolute Gasteiger partial charge is 0.416 e. The first kappa shape index (κ1) is 16.3. The maximum absolute atomic E-state index is 12.7. The Morgan fingerprint density at radius 3 is 2.68 bits per heavy atom. The molecule has 0 fully saturated rings. The Morgan fingerprint density at radius 2 is 2.09 bits per heavy atom. The highest BCUT2D eigenvalue weighted by atomic mass is 19.4. The van der Waals surface area contributed by atoms with Crippen molar-refractivity contribution in [2.24, 2.45) is 7.05 Å². The van der Waals surface area contributed by atoms with Gasteiger partial charge in [-0.05, 0) is 32.2 Å². The van der Waals surface area contributed by atoms with Gasteiger partial charge in [-0.3, -0.25) is 4.79 Å². The summed E-state index contributed by atoms with van der Waals surface area (Å²) in [5.41, 5.74) is 0.0969. The van der Waals surface area contributed by atoms with E-state index < -0.39 is 11.7 Å². The number of hydrogen-bond donors (Lipinski definition) is 2. The average molecular weight is 314 g/mol. The van der Waals surface area contributed by atoms with Gasteiger partial charge in [0.1, 0.15) is 5.82 Å². The molecule has 0 aliphatic carbocycles. The van der Waals surface area contributed by atoms with E-state index in [1.54, 1.807) is 25.6 Å². The molecule has 0 radical (unpaired) electrons. The molecule has 1 amide bonds. The Balaban J connectivity index is 2.25. The highest BCUT2D eigenvalue weighted by Gasteiger charge is 2.31. The molecule has 0 aliphatic heterocycles. The Labute approximate surface area is 125 Å². The highest BCUT2D eigenvalue weighted by molar-refractivity contribution is 5.81. The Bertz CT molecular complexity index is 693. The quantitative estimate of drug-likeness (QED) is 0.905. The number of alkyl halides is 3. The van der Waals surface area contributed by atoms with Gasteiger partial charge in [0.05, 0.1) is 29.2 Å². The van der Waals surface area contributed by atoms with Crippen LogP contribution in [0.25, 0.3) is 11.0 Å². The van der Waals surface area contributed by atoms with Gasteiger partial charge in [-0.25, -0.2) is 4.98 Å². The first-order valence-corrected chi connectivity index (χ1v) is 6.71. The summed E-state index contributed by atoms with van der Waals surface area (Å²) in [5, 5.41) is 5.49. The van der Waals surface area contributed by atoms with Crippen LogP contribution in [-0.2, 0) is 24.6 Å². The van der Waals surface area contributed by atoms with Crippen LogP contribution in [0.4, 0.5) is 13.2 Å². The minimum absolute atomic E-state index is 0.150. The molecule has 22 heavy (non-hydrogen) atoms. The predicted octanol–water partition coefficient (Wildman–Crippen LogP) is 1.82. The normalized spacial score (nSPS) is 13.4. The first-order chi connectivity index (χ1) is 10.2. The molecule has 2 N–H and O–H groups in total. The molecular weight excluding hydrogens is 297 g/mol. The predicted molar refractivity (Wildman–Crippen MR) is 76.1 cm³/mol. The number of halogens is 3. The maximum atomic E-state index is 12.7. The lowest BCUT2D eigenvalue weighted by Gasteiger charge is -2.10. The maximum Gasteiger partial charge on any atom is 0.416 e. The number of nitrogens with one attached hydrogen (secondary N) is 2. The first-order valence-electron chi connectivity index (χ1n) is 6.71. The second-order valence-corrected chi connectivity index (χ2v) is 5.02. The molecule has 2 rings (SSSR count). The van der Waals surface area contributed by atoms with Gasteiger partial charge in [-0.15, -0.1) is 0 Å². The number of rotatable bonds is 4. The van der Waals surface area contributed by atoms with Crippen molar-refractivity contribution >= 4 is 16.9 Å². The third kappa shape index (κ3) is 3.22. The van der Waals surface area contributed by atoms with Crippen LogP contribution in [0.2, 0.25) is 0 Å². The SMILES string of the molecule is CN[C@@H](C)C(=O)NCc1nc2cc(C(F)(F)F)ccc2n1C. The number of carbonyl (C=O) groups excluding carboxylic acids is 1. The molecule has 8 heteroatoms. The molecule has 1 aromatic heterocycles. The fourth-order valence-corrected chi connectivity index (χ4v) is 2.03. The van der Waals surface area contributed by atoms with E-state index >= 15 is 0 Å². The second kappa shape index (κ2) is 5.96. The summed E-state index contributed by atoms with van der Waals surface area (Å²) in [4.78, 5) is 15.9. The molecular formula is C14H17F3N4O. The highest BCUT2D eigenvalue weighted by Crippen LogP contribution is 2.31. The molecule has 1 atom stereocenters. The summed E-state index contributed by atoms with van der Waals surface area (Å²) >= 11 is 0. The lowest BCUT2D eigenvalue weighted by atomic mass is 10.2. The van der Waals surface area contributed by atoms with Crippen molar-refractivity contribution < 1.29 is 18.0 Å². The van der Waals surface area contributed by atoms with Crippen molar-refractivity contribution in [3.8, 4) is 0 Å². The van der Waals surface area contributed by atoms with Crippen LogP contribution in [0, 0.1) is 0 Å². The van der Waals surface area contributed by atoms with Gasteiger partial charge in [0.25, 0.3) is 0 Å². The average Bonchev–Trinajstić information content (AvgIpc) is 2.79. The zero-order valence-corrected chi connectivity index (χ0v) is 12.5. The number of amides is 1. The summed E-state index contributed by atoms with van der Waals surface area (Å²) < 4.78 is 39.8. The van der Waals surface area contributed by atoms with Crippen LogP contribution >= 0.6 is 0 Å². The van der Waals surface area contributed by atoms with Crippen LogP contribution < -0.4 is 10.6 Å². The molecule has 1 aromatic carbocycles. The summed E-state index contributed by atoms with van der Waals surface area (Å²) in [6, 6.07) is 3.06. The molecule has 0 spiro atoms. The zero-order valence-electron chi connectivity index (χ0n) is 12.5. The molecule has 0 aliphatic rings. The Hall–Kier alpha value is -2.09. The van der Waals surface area contributed by atoms with Crippen molar-refractivity contribution in [3.63, 3.8) is 0 Å². The fourth-order valence-electron chi connectivity index (χ4n) is 2.03. The van der Waals surface area contributed by atoms with Gasteiger partial charge < -0.3 is 15.2 Å². The number of imidazole rings is 1. The van der Waals surface area contributed by atoms with Gasteiger partial charge in [0.2, 0.25) is 5.91 Å². The molecule has 0 saturated heterocycles. The van der Waals surface area contributed by atoms with Crippen molar-refractivity contribution in [1.29, 1.82) is 0 Å². The van der Waals surface area contributed by atoms with Gasteiger partial charge in [0, 0.05) is 7.05 Å². The topological polar surface area (TPSA) is 59.0 Å². The zero-order chi connectivity index (χ0) is 16.5. The number of nitrogens with zero attached hydrogens (tertiary/aromatic N) is 2. The third-order valence-corrected chi connectivity index (χ3v) is 3.55. The Morgan fingerprint density at radius 1 is 1.41 bits per heavy atom. The van der Waals surface area contributed by atoms with E-state index in [-0.39, 0.29) is 24.0 Å². The summed E-state index contributed by atoms with van der Waals surface area (Å²) in [6.07, 6.45) is -4.40. The van der Waals surface area contributed by atoms with Crippen molar-refractivity contribution in [1.82, 2.24) is 20.2 Å². The van der Waals surface area contributed by atoms with Gasteiger partial charge in [0.15, 0.2) is 0 Å². The number of benzene rings is 1. The van der Waals surface area contributed by atoms with Crippen molar-refractivity contribution in [2.45, 2.75) is 25.7 Å². The standard InChI is InChI=1S/C14H17F3N4O/c1-8(18-2)13(22)19-7-12-20-10-6-9(14(15,16)17)4-5-11(10)21(12)3/h4-6,8,18H,7H2,1-3H3,(H,19,22)/t8-/m0/s1. The minimum atomic E-state index is -4.40. The summed E-state index contributed by atoms with van der Waals surface area (Å²) in [7, 11) is 3.36. The molecule has 0 bridgehead atoms. The third-order valence-electron chi connectivity index (χ3n) is 3.55. The number of carbonyl (C=O) groups is 1. The van der Waals surface area contributed by atoms with Crippen molar-refractivity contribution in [2.75, 3.05) is 7.05 Å². The van der Waals surface area contributed by atoms with E-state index in [1.807, 2.05) is 0 Å². The summed E-state index contributed by atoms with van der Waals surface area (Å²) in [6.45, 7) is 1.86.